The predicted octanol–water partition coefficient (Wildman–Crippen LogP) is 2.55. The Labute approximate surface area is 177 Å². The highest BCUT2D eigenvalue weighted by Gasteiger charge is 2.55. The molecular weight excluding hydrogens is 400 g/mol. The molecule has 0 unspecified atom stereocenters. The van der Waals surface area contributed by atoms with Gasteiger partial charge in [0, 0.05) is 11.6 Å². The average molecular weight is 418 g/mol. The van der Waals surface area contributed by atoms with Crippen molar-refractivity contribution in [3.63, 3.8) is 0 Å². The molecule has 1 saturated heterocycles. The number of amides is 2. The lowest BCUT2D eigenvalue weighted by Gasteiger charge is -2.19. The lowest BCUT2D eigenvalue weighted by Crippen LogP contribution is -2.39. The fourth-order valence-corrected chi connectivity index (χ4v) is 3.75. The third-order valence-corrected chi connectivity index (χ3v) is 5.32. The summed E-state index contributed by atoms with van der Waals surface area (Å²) in [5.74, 6) is 0.432. The van der Waals surface area contributed by atoms with E-state index in [0.717, 1.165) is 16.0 Å². The SMILES string of the molecule is COc1cccc(N2C(=O)[C@@H]3[C@@H](N=NN3Cc3nc(-c4ccccc4C)no3)C2=O)c1. The van der Waals surface area contributed by atoms with E-state index in [4.69, 9.17) is 9.26 Å². The van der Waals surface area contributed by atoms with E-state index in [-0.39, 0.29) is 12.4 Å². The molecule has 0 aliphatic carbocycles. The van der Waals surface area contributed by atoms with E-state index in [1.54, 1.807) is 24.3 Å². The van der Waals surface area contributed by atoms with Gasteiger partial charge in [0.05, 0.1) is 12.8 Å². The number of hydrogen-bond acceptors (Lipinski definition) is 9. The van der Waals surface area contributed by atoms with Crippen molar-refractivity contribution < 1.29 is 18.8 Å². The Kier molecular flexibility index (Phi) is 4.46. The van der Waals surface area contributed by atoms with Crippen LogP contribution >= 0.6 is 0 Å². The van der Waals surface area contributed by atoms with Crippen molar-refractivity contribution in [3.05, 3.63) is 60.0 Å². The second-order valence-corrected chi connectivity index (χ2v) is 7.23. The zero-order chi connectivity index (χ0) is 21.5. The van der Waals surface area contributed by atoms with Gasteiger partial charge in [0.2, 0.25) is 11.7 Å². The summed E-state index contributed by atoms with van der Waals surface area (Å²) in [7, 11) is 1.52. The third-order valence-electron chi connectivity index (χ3n) is 5.32. The maximum atomic E-state index is 13.1. The molecular formula is C21H18N6O4. The Morgan fingerprint density at radius 2 is 1.94 bits per heavy atom. The molecule has 2 aliphatic heterocycles. The van der Waals surface area contributed by atoms with Crippen LogP contribution in [0.15, 0.2) is 63.4 Å². The summed E-state index contributed by atoms with van der Waals surface area (Å²) in [6, 6.07) is 12.7. The Balaban J connectivity index is 1.37. The molecule has 0 bridgehead atoms. The van der Waals surface area contributed by atoms with Gasteiger partial charge in [-0.25, -0.2) is 4.90 Å². The zero-order valence-corrected chi connectivity index (χ0v) is 16.8. The van der Waals surface area contributed by atoms with Crippen LogP contribution in [-0.4, -0.2) is 46.2 Å². The summed E-state index contributed by atoms with van der Waals surface area (Å²) >= 11 is 0. The summed E-state index contributed by atoms with van der Waals surface area (Å²) in [5, 5.41) is 13.5. The highest BCUT2D eigenvalue weighted by atomic mass is 16.5. The Bertz CT molecular complexity index is 1210. The molecule has 5 rings (SSSR count). The molecule has 2 aromatic carbocycles. The van der Waals surface area contributed by atoms with Gasteiger partial charge in [0.15, 0.2) is 12.1 Å². The molecule has 10 nitrogen and oxygen atoms in total. The number of methoxy groups -OCH3 is 1. The van der Waals surface area contributed by atoms with Gasteiger partial charge < -0.3 is 9.26 Å². The molecule has 10 heteroatoms. The fraction of sp³-hybridized carbons (Fsp3) is 0.238. The van der Waals surface area contributed by atoms with Crippen LogP contribution in [0.25, 0.3) is 11.4 Å². The molecule has 156 valence electrons. The molecule has 0 N–H and O–H groups in total. The van der Waals surface area contributed by atoms with Gasteiger partial charge in [-0.2, -0.15) is 10.1 Å². The molecule has 3 heterocycles. The molecule has 0 saturated carbocycles. The van der Waals surface area contributed by atoms with E-state index in [2.05, 4.69) is 20.5 Å². The van der Waals surface area contributed by atoms with Crippen LogP contribution in [0.4, 0.5) is 5.69 Å². The van der Waals surface area contributed by atoms with Gasteiger partial charge in [0.25, 0.3) is 11.8 Å². The van der Waals surface area contributed by atoms with Crippen LogP contribution < -0.4 is 9.64 Å². The predicted molar refractivity (Wildman–Crippen MR) is 108 cm³/mol. The Hall–Kier alpha value is -4.08. The first-order valence-corrected chi connectivity index (χ1v) is 9.64. The number of aryl methyl sites for hydroxylation is 1. The molecule has 3 aromatic rings. The summed E-state index contributed by atoms with van der Waals surface area (Å²) in [6.07, 6.45) is 0. The standard InChI is InChI=1S/C21H18N6O4/c1-12-6-3-4-9-15(12)19-22-16(31-24-19)11-26-18-17(23-25-26)20(28)27(21(18)29)13-7-5-8-14(10-13)30-2/h3-10,17-18H,11H2,1-2H3/t17-,18+/m1/s1. The number of carbonyl (C=O) groups is 2. The molecule has 2 amide bonds. The average Bonchev–Trinajstić information content (AvgIpc) is 3.47. The number of fused-ring (bicyclic) bond motifs is 1. The Morgan fingerprint density at radius 3 is 2.74 bits per heavy atom. The van der Waals surface area contributed by atoms with Crippen molar-refractivity contribution in [1.82, 2.24) is 15.1 Å². The minimum absolute atomic E-state index is 0.0640. The maximum Gasteiger partial charge on any atom is 0.263 e. The maximum absolute atomic E-state index is 13.1. The van der Waals surface area contributed by atoms with Gasteiger partial charge in [-0.05, 0) is 24.6 Å². The minimum Gasteiger partial charge on any atom is -0.497 e. The largest absolute Gasteiger partial charge is 0.497 e. The summed E-state index contributed by atoms with van der Waals surface area (Å²) in [6.45, 7) is 2.02. The van der Waals surface area contributed by atoms with E-state index in [0.29, 0.717) is 17.3 Å². The molecule has 0 radical (unpaired) electrons. The zero-order valence-electron chi connectivity index (χ0n) is 16.8. The van der Waals surface area contributed by atoms with Crippen LogP contribution in [0.5, 0.6) is 5.75 Å². The number of rotatable bonds is 5. The van der Waals surface area contributed by atoms with E-state index in [1.165, 1.54) is 12.1 Å². The highest BCUT2D eigenvalue weighted by Crippen LogP contribution is 2.34. The summed E-state index contributed by atoms with van der Waals surface area (Å²) in [4.78, 5) is 31.5. The van der Waals surface area contributed by atoms with E-state index in [9.17, 15) is 9.59 Å². The highest BCUT2D eigenvalue weighted by molar-refractivity contribution is 6.25. The van der Waals surface area contributed by atoms with Crippen molar-refractivity contribution >= 4 is 17.5 Å². The first-order chi connectivity index (χ1) is 15.1. The van der Waals surface area contributed by atoms with Crippen molar-refractivity contribution in [3.8, 4) is 17.1 Å². The number of benzene rings is 2. The summed E-state index contributed by atoms with van der Waals surface area (Å²) in [5.41, 5.74) is 2.30. The smallest absolute Gasteiger partial charge is 0.263 e. The molecule has 0 spiro atoms. The third kappa shape index (κ3) is 3.12. The number of imide groups is 1. The van der Waals surface area contributed by atoms with Crippen molar-refractivity contribution in [2.45, 2.75) is 25.6 Å². The van der Waals surface area contributed by atoms with Crippen LogP contribution in [0.2, 0.25) is 0 Å². The molecule has 31 heavy (non-hydrogen) atoms. The second kappa shape index (κ2) is 7.31. The topological polar surface area (TPSA) is 113 Å². The first-order valence-electron chi connectivity index (χ1n) is 9.64. The van der Waals surface area contributed by atoms with Crippen LogP contribution in [0.1, 0.15) is 11.5 Å². The van der Waals surface area contributed by atoms with Gasteiger partial charge in [0.1, 0.15) is 12.3 Å². The number of hydrogen-bond donors (Lipinski definition) is 0. The van der Waals surface area contributed by atoms with Crippen molar-refractivity contribution in [2.75, 3.05) is 12.0 Å². The second-order valence-electron chi connectivity index (χ2n) is 7.23. The number of aromatic nitrogens is 2. The van der Waals surface area contributed by atoms with E-state index >= 15 is 0 Å². The van der Waals surface area contributed by atoms with Gasteiger partial charge in [-0.15, -0.1) is 0 Å². The van der Waals surface area contributed by atoms with Gasteiger partial charge in [-0.1, -0.05) is 40.7 Å². The summed E-state index contributed by atoms with van der Waals surface area (Å²) < 4.78 is 10.6. The number of carbonyl (C=O) groups excluding carboxylic acids is 2. The van der Waals surface area contributed by atoms with E-state index < -0.39 is 23.9 Å². The molecule has 1 fully saturated rings. The van der Waals surface area contributed by atoms with E-state index in [1.807, 2.05) is 31.2 Å². The molecule has 2 aliphatic rings. The van der Waals surface area contributed by atoms with Crippen LogP contribution in [0.3, 0.4) is 0 Å². The monoisotopic (exact) mass is 418 g/mol. The number of anilines is 1. The minimum atomic E-state index is -0.905. The number of ether oxygens (including phenoxy) is 1. The Morgan fingerprint density at radius 1 is 1.10 bits per heavy atom. The molecule has 2 atom stereocenters. The van der Waals surface area contributed by atoms with Gasteiger partial charge >= 0.3 is 0 Å². The fourth-order valence-electron chi connectivity index (χ4n) is 3.75. The van der Waals surface area contributed by atoms with Crippen LogP contribution in [-0.2, 0) is 16.1 Å². The van der Waals surface area contributed by atoms with Crippen molar-refractivity contribution in [2.24, 2.45) is 10.3 Å². The lowest BCUT2D eigenvalue weighted by atomic mass is 10.1. The normalized spacial score (nSPS) is 19.9. The number of nitrogens with zero attached hydrogens (tertiary/aromatic N) is 6. The van der Waals surface area contributed by atoms with Gasteiger partial charge in [-0.3, -0.25) is 14.6 Å². The van der Waals surface area contributed by atoms with Crippen LogP contribution in [0, 0.1) is 6.92 Å². The molecule has 1 aromatic heterocycles. The quantitative estimate of drug-likeness (QED) is 0.585. The van der Waals surface area contributed by atoms with Crippen molar-refractivity contribution in [1.29, 1.82) is 0 Å². The lowest BCUT2D eigenvalue weighted by molar-refractivity contribution is -0.123. The first kappa shape index (κ1) is 18.9.